The topological polar surface area (TPSA) is 67.4 Å². The number of rotatable bonds is 5. The molecule has 0 aromatic heterocycles. The molecule has 0 saturated carbocycles. The van der Waals surface area contributed by atoms with Crippen LogP contribution in [-0.2, 0) is 9.59 Å². The summed E-state index contributed by atoms with van der Waals surface area (Å²) in [5.74, 6) is -2.47. The normalized spacial score (nSPS) is 10.5. The monoisotopic (exact) mass is 332 g/mol. The predicted molar refractivity (Wildman–Crippen MR) is 85.8 cm³/mol. The summed E-state index contributed by atoms with van der Waals surface area (Å²) < 4.78 is 31.6. The molecule has 7 heteroatoms. The molecule has 0 unspecified atom stereocenters. The molecule has 0 radical (unpaired) electrons. The van der Waals surface area contributed by atoms with Crippen molar-refractivity contribution >= 4 is 23.2 Å². The lowest BCUT2D eigenvalue weighted by atomic mass is 10.3. The van der Waals surface area contributed by atoms with E-state index in [-0.39, 0.29) is 17.1 Å². The zero-order valence-electron chi connectivity index (χ0n) is 12.7. The number of nitrogens with one attached hydrogen (secondary N) is 2. The molecule has 0 aliphatic carbocycles. The maximum atomic E-state index is 13.5. The summed E-state index contributed by atoms with van der Waals surface area (Å²) in [5, 5.41) is 4.69. The highest BCUT2D eigenvalue weighted by Gasteiger charge is 2.06. The molecule has 5 nitrogen and oxygen atoms in total. The van der Waals surface area contributed by atoms with Crippen molar-refractivity contribution in [3.8, 4) is 5.75 Å². The number of methoxy groups -OCH3 is 1. The maximum Gasteiger partial charge on any atom is 0.248 e. The van der Waals surface area contributed by atoms with E-state index in [9.17, 15) is 18.4 Å². The van der Waals surface area contributed by atoms with Gasteiger partial charge in [0, 0.05) is 23.9 Å². The van der Waals surface area contributed by atoms with Crippen LogP contribution in [0.25, 0.3) is 0 Å². The van der Waals surface area contributed by atoms with Gasteiger partial charge in [-0.25, -0.2) is 8.78 Å². The fraction of sp³-hybridized carbons (Fsp3) is 0.0588. The molecular formula is C17H14F2N2O3. The summed E-state index contributed by atoms with van der Waals surface area (Å²) in [7, 11) is 1.33. The zero-order valence-corrected chi connectivity index (χ0v) is 12.7. The third-order valence-corrected chi connectivity index (χ3v) is 2.94. The van der Waals surface area contributed by atoms with Gasteiger partial charge < -0.3 is 15.4 Å². The van der Waals surface area contributed by atoms with Crippen molar-refractivity contribution in [2.75, 3.05) is 17.7 Å². The molecule has 2 aromatic rings. The number of benzene rings is 2. The Hall–Kier alpha value is -3.22. The highest BCUT2D eigenvalue weighted by atomic mass is 19.1. The van der Waals surface area contributed by atoms with Crippen molar-refractivity contribution in [1.29, 1.82) is 0 Å². The Morgan fingerprint density at radius 2 is 1.62 bits per heavy atom. The van der Waals surface area contributed by atoms with Gasteiger partial charge in [-0.05, 0) is 24.3 Å². The van der Waals surface area contributed by atoms with Gasteiger partial charge in [0.25, 0.3) is 0 Å². The van der Waals surface area contributed by atoms with Crippen molar-refractivity contribution in [1.82, 2.24) is 0 Å². The number of amides is 2. The minimum absolute atomic E-state index is 0.00443. The van der Waals surface area contributed by atoms with Crippen LogP contribution < -0.4 is 15.4 Å². The molecule has 2 amide bonds. The van der Waals surface area contributed by atoms with Gasteiger partial charge in [-0.1, -0.05) is 12.1 Å². The lowest BCUT2D eigenvalue weighted by molar-refractivity contribution is -0.114. The van der Waals surface area contributed by atoms with Gasteiger partial charge in [0.2, 0.25) is 11.8 Å². The van der Waals surface area contributed by atoms with Crippen LogP contribution in [0.1, 0.15) is 0 Å². The third-order valence-electron chi connectivity index (χ3n) is 2.94. The van der Waals surface area contributed by atoms with Gasteiger partial charge in [-0.2, -0.15) is 0 Å². The van der Waals surface area contributed by atoms with E-state index in [1.807, 2.05) is 0 Å². The second-order valence-corrected chi connectivity index (χ2v) is 4.64. The maximum absolute atomic E-state index is 13.5. The minimum atomic E-state index is -0.670. The second-order valence-electron chi connectivity index (χ2n) is 4.64. The first-order valence-corrected chi connectivity index (χ1v) is 6.87. The fourth-order valence-electron chi connectivity index (χ4n) is 1.82. The molecule has 0 heterocycles. The second kappa shape index (κ2) is 7.87. The molecule has 0 bridgehead atoms. The molecule has 0 spiro atoms. The van der Waals surface area contributed by atoms with E-state index >= 15 is 0 Å². The Labute approximate surface area is 136 Å². The molecule has 0 saturated heterocycles. The molecule has 24 heavy (non-hydrogen) atoms. The highest BCUT2D eigenvalue weighted by molar-refractivity contribution is 6.06. The molecule has 2 N–H and O–H groups in total. The molecular weight excluding hydrogens is 318 g/mol. The van der Waals surface area contributed by atoms with E-state index in [2.05, 4.69) is 10.6 Å². The summed E-state index contributed by atoms with van der Waals surface area (Å²) in [5.41, 5.74) is 0.210. The number of carbonyl (C=O) groups excluding carboxylic acids is 2. The third kappa shape index (κ3) is 4.64. The lowest BCUT2D eigenvalue weighted by Gasteiger charge is -2.05. The standard InChI is InChI=1S/C17H14F2N2O3/c1-24-15-7-6-11(10-13(15)19)20-16(22)8-9-17(23)21-14-5-3-2-4-12(14)18/h2-10H,1H3,(H,20,22)(H,21,23)/b9-8-. The first-order chi connectivity index (χ1) is 11.5. The first-order valence-electron chi connectivity index (χ1n) is 6.87. The van der Waals surface area contributed by atoms with Gasteiger partial charge in [0.15, 0.2) is 11.6 Å². The fourth-order valence-corrected chi connectivity index (χ4v) is 1.82. The van der Waals surface area contributed by atoms with Gasteiger partial charge in [0.05, 0.1) is 12.8 Å². The first kappa shape index (κ1) is 17.1. The average molecular weight is 332 g/mol. The molecule has 0 aliphatic rings. The van der Waals surface area contributed by atoms with E-state index in [0.717, 1.165) is 18.2 Å². The molecule has 124 valence electrons. The smallest absolute Gasteiger partial charge is 0.248 e. The zero-order chi connectivity index (χ0) is 17.5. The summed E-state index contributed by atoms with van der Waals surface area (Å²) in [4.78, 5) is 23.3. The SMILES string of the molecule is COc1ccc(NC(=O)/C=C\C(=O)Nc2ccccc2F)cc1F. The van der Waals surface area contributed by atoms with Crippen molar-refractivity contribution in [2.45, 2.75) is 0 Å². The summed E-state index contributed by atoms with van der Waals surface area (Å²) in [6.45, 7) is 0. The van der Waals surface area contributed by atoms with Crippen LogP contribution in [0.5, 0.6) is 5.75 Å². The number of carbonyl (C=O) groups is 2. The van der Waals surface area contributed by atoms with Crippen LogP contribution in [0.2, 0.25) is 0 Å². The summed E-state index contributed by atoms with van der Waals surface area (Å²) >= 11 is 0. The Balaban J connectivity index is 1.94. The van der Waals surface area contributed by atoms with Crippen LogP contribution >= 0.6 is 0 Å². The lowest BCUT2D eigenvalue weighted by Crippen LogP contribution is -2.12. The van der Waals surface area contributed by atoms with Crippen LogP contribution in [0, 0.1) is 11.6 Å². The highest BCUT2D eigenvalue weighted by Crippen LogP contribution is 2.20. The molecule has 0 atom stereocenters. The number of hydrogen-bond donors (Lipinski definition) is 2. The van der Waals surface area contributed by atoms with Gasteiger partial charge in [0.1, 0.15) is 5.82 Å². The summed E-state index contributed by atoms with van der Waals surface area (Å²) in [6, 6.07) is 9.54. The Kier molecular flexibility index (Phi) is 5.62. The van der Waals surface area contributed by atoms with Crippen molar-refractivity contribution in [3.63, 3.8) is 0 Å². The molecule has 2 rings (SSSR count). The van der Waals surface area contributed by atoms with E-state index in [1.165, 1.54) is 37.4 Å². The van der Waals surface area contributed by atoms with Gasteiger partial charge in [-0.15, -0.1) is 0 Å². The molecule has 2 aromatic carbocycles. The Morgan fingerprint density at radius 3 is 2.25 bits per heavy atom. The van der Waals surface area contributed by atoms with E-state index < -0.39 is 23.4 Å². The number of para-hydroxylation sites is 1. The van der Waals surface area contributed by atoms with Crippen LogP contribution in [0.3, 0.4) is 0 Å². The van der Waals surface area contributed by atoms with Gasteiger partial charge in [-0.3, -0.25) is 9.59 Å². The van der Waals surface area contributed by atoms with Crippen LogP contribution in [0.15, 0.2) is 54.6 Å². The van der Waals surface area contributed by atoms with Crippen molar-refractivity contribution < 1.29 is 23.1 Å². The van der Waals surface area contributed by atoms with Crippen LogP contribution in [0.4, 0.5) is 20.2 Å². The summed E-state index contributed by atoms with van der Waals surface area (Å²) in [6.07, 6.45) is 1.90. The number of halogens is 2. The van der Waals surface area contributed by atoms with Crippen molar-refractivity contribution in [2.24, 2.45) is 0 Å². The van der Waals surface area contributed by atoms with Crippen molar-refractivity contribution in [3.05, 3.63) is 66.3 Å². The van der Waals surface area contributed by atoms with Crippen LogP contribution in [-0.4, -0.2) is 18.9 Å². The largest absolute Gasteiger partial charge is 0.494 e. The Morgan fingerprint density at radius 1 is 0.958 bits per heavy atom. The van der Waals surface area contributed by atoms with E-state index in [1.54, 1.807) is 6.07 Å². The Bertz CT molecular complexity index is 791. The van der Waals surface area contributed by atoms with E-state index in [0.29, 0.717) is 0 Å². The predicted octanol–water partition coefficient (Wildman–Crippen LogP) is 3.11. The number of hydrogen-bond acceptors (Lipinski definition) is 3. The molecule has 0 aliphatic heterocycles. The minimum Gasteiger partial charge on any atom is -0.494 e. The number of anilines is 2. The van der Waals surface area contributed by atoms with Gasteiger partial charge >= 0.3 is 0 Å². The quantitative estimate of drug-likeness (QED) is 0.827. The van der Waals surface area contributed by atoms with E-state index in [4.69, 9.17) is 4.74 Å². The average Bonchev–Trinajstić information content (AvgIpc) is 2.55. The molecule has 0 fully saturated rings. The number of ether oxygens (including phenoxy) is 1.